The summed E-state index contributed by atoms with van der Waals surface area (Å²) in [5.41, 5.74) is 0. The van der Waals surface area contributed by atoms with Crippen molar-refractivity contribution in [3.63, 3.8) is 0 Å². The molecule has 0 unspecified atom stereocenters. The van der Waals surface area contributed by atoms with Crippen LogP contribution in [0.4, 0.5) is 5.13 Å². The molecule has 0 aromatic carbocycles. The van der Waals surface area contributed by atoms with Crippen molar-refractivity contribution in [3.8, 4) is 0 Å². The minimum Gasteiger partial charge on any atom is -0.483 e. The second kappa shape index (κ2) is 7.98. The third-order valence-electron chi connectivity index (χ3n) is 4.89. The molecule has 1 N–H and O–H groups in total. The number of nitrogens with zero attached hydrogens (tertiary/aromatic N) is 3. The van der Waals surface area contributed by atoms with Crippen molar-refractivity contribution >= 4 is 32.8 Å². The summed E-state index contributed by atoms with van der Waals surface area (Å²) in [4.78, 5) is 18.7. The summed E-state index contributed by atoms with van der Waals surface area (Å²) < 4.78 is 29.4. The lowest BCUT2D eigenvalue weighted by molar-refractivity contribution is -0.122. The lowest BCUT2D eigenvalue weighted by Crippen LogP contribution is -2.36. The van der Waals surface area contributed by atoms with Crippen LogP contribution in [0.5, 0.6) is 0 Å². The van der Waals surface area contributed by atoms with Gasteiger partial charge in [-0.15, -0.1) is 11.3 Å². The highest BCUT2D eigenvalue weighted by Gasteiger charge is 2.46. The van der Waals surface area contributed by atoms with Crippen molar-refractivity contribution in [2.24, 2.45) is 5.92 Å². The average molecular weight is 389 g/mol. The van der Waals surface area contributed by atoms with Gasteiger partial charge in [0, 0.05) is 43.8 Å². The molecule has 0 aliphatic carbocycles. The van der Waals surface area contributed by atoms with Crippen molar-refractivity contribution < 1.29 is 23.1 Å². The van der Waals surface area contributed by atoms with Crippen LogP contribution in [0, 0.1) is 5.92 Å². The molecule has 4 rings (SSSR count). The molecule has 3 saturated heterocycles. The van der Waals surface area contributed by atoms with Gasteiger partial charge >= 0.3 is 0 Å². The zero-order valence-corrected chi connectivity index (χ0v) is 15.5. The first kappa shape index (κ1) is 18.6. The number of carboxylic acid groups (broad SMARTS) is 1. The van der Waals surface area contributed by atoms with E-state index in [-0.39, 0.29) is 11.7 Å². The quantitative estimate of drug-likeness (QED) is 0.737. The topological polar surface area (TPSA) is 100 Å². The Bertz CT molecular complexity index is 687. The maximum absolute atomic E-state index is 12.0. The van der Waals surface area contributed by atoms with Crippen LogP contribution in [0.3, 0.4) is 0 Å². The van der Waals surface area contributed by atoms with E-state index in [0.29, 0.717) is 18.2 Å². The van der Waals surface area contributed by atoms with E-state index in [0.717, 1.165) is 50.9 Å². The molecule has 25 heavy (non-hydrogen) atoms. The number of thiazole rings is 1. The van der Waals surface area contributed by atoms with Gasteiger partial charge < -0.3 is 14.7 Å². The molecule has 0 radical (unpaired) electrons. The van der Waals surface area contributed by atoms with Gasteiger partial charge in [0.05, 0.1) is 24.2 Å². The van der Waals surface area contributed by atoms with Gasteiger partial charge in [-0.3, -0.25) is 9.69 Å². The Morgan fingerprint density at radius 3 is 2.76 bits per heavy atom. The predicted molar refractivity (Wildman–Crippen MR) is 94.8 cm³/mol. The smallest absolute Gasteiger partial charge is 0.290 e. The number of rotatable bonds is 3. The number of anilines is 1. The Hall–Kier alpha value is -1.23. The molecule has 3 fully saturated rings. The number of likely N-dealkylation sites (tertiary alicyclic amines) is 1. The summed E-state index contributed by atoms with van der Waals surface area (Å²) in [6, 6.07) is 0. The third-order valence-corrected chi connectivity index (χ3v) is 8.20. The molecule has 140 valence electrons. The lowest BCUT2D eigenvalue weighted by Gasteiger charge is -2.26. The molecule has 0 amide bonds. The standard InChI is InChI=1S/C14H21N3O3S2.CH2O2/c18-22(19)6-1-11-8-16(10-13(11)22)9-12-7-15-14(21-12)17-2-4-20-5-3-17;2-1-3/h7,11,13H,1-6,8-10H2;1H,(H,2,3)/t11-,13+;/m0./s1. The molecule has 2 atom stereocenters. The normalized spacial score (nSPS) is 28.2. The fourth-order valence-corrected chi connectivity index (χ4v) is 6.88. The van der Waals surface area contributed by atoms with Crippen molar-refractivity contribution in [2.45, 2.75) is 18.2 Å². The maximum Gasteiger partial charge on any atom is 0.290 e. The summed E-state index contributed by atoms with van der Waals surface area (Å²) in [6.45, 7) is 5.51. The predicted octanol–water partition coefficient (Wildman–Crippen LogP) is 0.299. The minimum atomic E-state index is -2.84. The Labute approximate surface area is 151 Å². The van der Waals surface area contributed by atoms with E-state index < -0.39 is 9.84 Å². The molecule has 3 aliphatic heterocycles. The first-order chi connectivity index (χ1) is 12.0. The Kier molecular flexibility index (Phi) is 5.92. The van der Waals surface area contributed by atoms with Gasteiger partial charge in [0.15, 0.2) is 15.0 Å². The van der Waals surface area contributed by atoms with Crippen LogP contribution < -0.4 is 4.90 Å². The van der Waals surface area contributed by atoms with Crippen molar-refractivity contribution in [1.29, 1.82) is 0 Å². The number of hydrogen-bond donors (Lipinski definition) is 1. The highest BCUT2D eigenvalue weighted by Crippen LogP contribution is 2.35. The molecule has 0 spiro atoms. The van der Waals surface area contributed by atoms with Crippen LogP contribution in [0.15, 0.2) is 6.20 Å². The van der Waals surface area contributed by atoms with Gasteiger partial charge in [-0.1, -0.05) is 0 Å². The molecule has 0 bridgehead atoms. The van der Waals surface area contributed by atoms with Gasteiger partial charge in [-0.25, -0.2) is 13.4 Å². The first-order valence-corrected chi connectivity index (χ1v) is 10.9. The van der Waals surface area contributed by atoms with E-state index in [4.69, 9.17) is 14.6 Å². The number of fused-ring (bicyclic) bond motifs is 1. The van der Waals surface area contributed by atoms with Crippen LogP contribution >= 0.6 is 11.3 Å². The number of morpholine rings is 1. The van der Waals surface area contributed by atoms with Crippen LogP contribution in [-0.4, -0.2) is 80.3 Å². The number of carbonyl (C=O) groups is 1. The molecule has 0 saturated carbocycles. The van der Waals surface area contributed by atoms with E-state index in [1.54, 1.807) is 11.3 Å². The van der Waals surface area contributed by atoms with Gasteiger partial charge in [0.25, 0.3) is 6.47 Å². The zero-order chi connectivity index (χ0) is 17.9. The molecule has 8 nitrogen and oxygen atoms in total. The fourth-order valence-electron chi connectivity index (χ4n) is 3.70. The van der Waals surface area contributed by atoms with Crippen molar-refractivity contribution in [2.75, 3.05) is 50.0 Å². The monoisotopic (exact) mass is 389 g/mol. The van der Waals surface area contributed by atoms with E-state index in [1.165, 1.54) is 4.88 Å². The molecule has 4 heterocycles. The Morgan fingerprint density at radius 1 is 1.36 bits per heavy atom. The third kappa shape index (κ3) is 4.30. The number of hydrogen-bond acceptors (Lipinski definition) is 8. The first-order valence-electron chi connectivity index (χ1n) is 8.32. The second-order valence-corrected chi connectivity index (χ2v) is 9.90. The van der Waals surface area contributed by atoms with E-state index >= 15 is 0 Å². The molecule has 1 aromatic rings. The highest BCUT2D eigenvalue weighted by molar-refractivity contribution is 7.92. The van der Waals surface area contributed by atoms with E-state index in [1.807, 2.05) is 6.20 Å². The number of sulfone groups is 1. The summed E-state index contributed by atoms with van der Waals surface area (Å²) in [5, 5.41) is 7.82. The number of ether oxygens (including phenoxy) is 1. The van der Waals surface area contributed by atoms with Gasteiger partial charge in [0.2, 0.25) is 0 Å². The molecular formula is C15H23N3O5S2. The van der Waals surface area contributed by atoms with Gasteiger partial charge in [-0.05, 0) is 12.3 Å². The van der Waals surface area contributed by atoms with E-state index in [9.17, 15) is 8.42 Å². The molecule has 3 aliphatic rings. The largest absolute Gasteiger partial charge is 0.483 e. The average Bonchev–Trinajstić information content (AvgIpc) is 3.28. The second-order valence-electron chi connectivity index (χ2n) is 6.46. The summed E-state index contributed by atoms with van der Waals surface area (Å²) >= 11 is 1.72. The molecular weight excluding hydrogens is 366 g/mol. The van der Waals surface area contributed by atoms with Crippen molar-refractivity contribution in [1.82, 2.24) is 9.88 Å². The van der Waals surface area contributed by atoms with Crippen molar-refractivity contribution in [3.05, 3.63) is 11.1 Å². The van der Waals surface area contributed by atoms with Crippen LogP contribution in [0.2, 0.25) is 0 Å². The maximum atomic E-state index is 12.0. The zero-order valence-electron chi connectivity index (χ0n) is 13.9. The van der Waals surface area contributed by atoms with E-state index in [2.05, 4.69) is 14.8 Å². The Morgan fingerprint density at radius 2 is 2.08 bits per heavy atom. The summed E-state index contributed by atoms with van der Waals surface area (Å²) in [6.07, 6.45) is 2.78. The number of aromatic nitrogens is 1. The minimum absolute atomic E-state index is 0.126. The van der Waals surface area contributed by atoms with Crippen LogP contribution in [-0.2, 0) is 25.9 Å². The van der Waals surface area contributed by atoms with Gasteiger partial charge in [-0.2, -0.15) is 0 Å². The lowest BCUT2D eigenvalue weighted by atomic mass is 10.1. The fraction of sp³-hybridized carbons (Fsp3) is 0.733. The molecule has 10 heteroatoms. The van der Waals surface area contributed by atoms with Gasteiger partial charge in [0.1, 0.15) is 0 Å². The summed E-state index contributed by atoms with van der Waals surface area (Å²) in [7, 11) is -2.84. The van der Waals surface area contributed by atoms with Crippen LogP contribution in [0.1, 0.15) is 11.3 Å². The highest BCUT2D eigenvalue weighted by atomic mass is 32.2. The Balaban J connectivity index is 0.000000569. The SMILES string of the molecule is O=CO.O=S1(=O)CC[C@H]2CN(Cc3cnc(N4CCOCC4)s3)C[C@H]21. The van der Waals surface area contributed by atoms with Crippen LogP contribution in [0.25, 0.3) is 0 Å². The summed E-state index contributed by atoms with van der Waals surface area (Å²) in [5.74, 6) is 0.731. The molecule has 1 aromatic heterocycles.